The average molecular weight is 412 g/mol. The summed E-state index contributed by atoms with van der Waals surface area (Å²) in [6.07, 6.45) is 2.93. The highest BCUT2D eigenvalue weighted by molar-refractivity contribution is 6.00. The Morgan fingerprint density at radius 1 is 0.933 bits per heavy atom. The molecule has 0 saturated heterocycles. The van der Waals surface area contributed by atoms with Crippen molar-refractivity contribution in [2.45, 2.75) is 45.1 Å². The maximum absolute atomic E-state index is 12.7. The summed E-state index contributed by atoms with van der Waals surface area (Å²) in [5.41, 5.74) is 3.97. The Morgan fingerprint density at radius 2 is 1.60 bits per heavy atom. The summed E-state index contributed by atoms with van der Waals surface area (Å²) in [6, 6.07) is 9.37. The number of Topliss-reactive ketones (excluding diaryl/α,β-unsaturated/α-hetero) is 1. The van der Waals surface area contributed by atoms with E-state index in [0.717, 1.165) is 24.8 Å². The number of esters is 1. The van der Waals surface area contributed by atoms with Gasteiger partial charge in [0.15, 0.2) is 17.6 Å². The third-order valence-electron chi connectivity index (χ3n) is 5.40. The average Bonchev–Trinajstić information content (AvgIpc) is 3.24. The third kappa shape index (κ3) is 4.75. The molecule has 1 atom stereocenters. The molecule has 0 aromatic heterocycles. The SMILES string of the molecule is COc1cc(CCC(=O)O[C@@H](C)C(=O)c2ccc3c(c2)CCC3)cc(OC)c1OC. The van der Waals surface area contributed by atoms with Crippen LogP contribution in [0.15, 0.2) is 30.3 Å². The van der Waals surface area contributed by atoms with E-state index in [1.807, 2.05) is 18.2 Å². The van der Waals surface area contributed by atoms with Crippen LogP contribution < -0.4 is 14.2 Å². The maximum atomic E-state index is 12.7. The number of hydrogen-bond donors (Lipinski definition) is 0. The van der Waals surface area contributed by atoms with Crippen molar-refractivity contribution >= 4 is 11.8 Å². The molecule has 0 unspecified atom stereocenters. The summed E-state index contributed by atoms with van der Waals surface area (Å²) >= 11 is 0. The lowest BCUT2D eigenvalue weighted by Crippen LogP contribution is -2.24. The zero-order valence-corrected chi connectivity index (χ0v) is 17.9. The van der Waals surface area contributed by atoms with E-state index in [1.165, 1.54) is 18.2 Å². The van der Waals surface area contributed by atoms with Crippen LogP contribution in [0.25, 0.3) is 0 Å². The highest BCUT2D eigenvalue weighted by Crippen LogP contribution is 2.38. The highest BCUT2D eigenvalue weighted by Gasteiger charge is 2.22. The Bertz CT molecular complexity index is 908. The molecule has 30 heavy (non-hydrogen) atoms. The molecule has 0 spiro atoms. The van der Waals surface area contributed by atoms with Gasteiger partial charge in [-0.2, -0.15) is 0 Å². The standard InChI is InChI=1S/C24H28O6/c1-15(23(26)19-10-9-17-6-5-7-18(17)14-19)30-22(25)11-8-16-12-20(27-2)24(29-4)21(13-16)28-3/h9-10,12-15H,5-8,11H2,1-4H3/t15-/m0/s1. The zero-order valence-electron chi connectivity index (χ0n) is 17.9. The van der Waals surface area contributed by atoms with E-state index < -0.39 is 12.1 Å². The van der Waals surface area contributed by atoms with Crippen molar-refractivity contribution in [2.24, 2.45) is 0 Å². The summed E-state index contributed by atoms with van der Waals surface area (Å²) in [5.74, 6) is 0.956. The van der Waals surface area contributed by atoms with Crippen LogP contribution in [0.5, 0.6) is 17.2 Å². The van der Waals surface area contributed by atoms with E-state index >= 15 is 0 Å². The summed E-state index contributed by atoms with van der Waals surface area (Å²) < 4.78 is 21.4. The second-order valence-electron chi connectivity index (χ2n) is 7.37. The minimum atomic E-state index is -0.822. The summed E-state index contributed by atoms with van der Waals surface area (Å²) in [7, 11) is 4.63. The molecule has 0 bridgehead atoms. The Labute approximate surface area is 177 Å². The van der Waals surface area contributed by atoms with Crippen molar-refractivity contribution in [1.29, 1.82) is 0 Å². The van der Waals surface area contributed by atoms with E-state index in [4.69, 9.17) is 18.9 Å². The molecule has 2 aromatic carbocycles. The molecule has 0 saturated carbocycles. The molecule has 0 heterocycles. The second kappa shape index (κ2) is 9.65. The van der Waals surface area contributed by atoms with E-state index in [9.17, 15) is 9.59 Å². The number of ketones is 1. The van der Waals surface area contributed by atoms with Gasteiger partial charge in [0.05, 0.1) is 21.3 Å². The molecule has 6 nitrogen and oxygen atoms in total. The van der Waals surface area contributed by atoms with Gasteiger partial charge in [-0.1, -0.05) is 12.1 Å². The fourth-order valence-electron chi connectivity index (χ4n) is 3.80. The lowest BCUT2D eigenvalue weighted by Gasteiger charge is -2.15. The number of rotatable bonds is 9. The fraction of sp³-hybridized carbons (Fsp3) is 0.417. The molecule has 0 aliphatic heterocycles. The fourth-order valence-corrected chi connectivity index (χ4v) is 3.80. The number of methoxy groups -OCH3 is 3. The monoisotopic (exact) mass is 412 g/mol. The molecule has 0 radical (unpaired) electrons. The highest BCUT2D eigenvalue weighted by atomic mass is 16.5. The minimum Gasteiger partial charge on any atom is -0.493 e. The number of hydrogen-bond acceptors (Lipinski definition) is 6. The molecular formula is C24H28O6. The Morgan fingerprint density at radius 3 is 2.23 bits per heavy atom. The molecule has 0 fully saturated rings. The molecule has 0 amide bonds. The second-order valence-corrected chi connectivity index (χ2v) is 7.37. The third-order valence-corrected chi connectivity index (χ3v) is 5.40. The van der Waals surface area contributed by atoms with Crippen LogP contribution in [0.3, 0.4) is 0 Å². The van der Waals surface area contributed by atoms with Gasteiger partial charge >= 0.3 is 5.97 Å². The minimum absolute atomic E-state index is 0.139. The van der Waals surface area contributed by atoms with Gasteiger partial charge in [0.1, 0.15) is 0 Å². The van der Waals surface area contributed by atoms with Crippen LogP contribution in [0.1, 0.15) is 46.8 Å². The molecular weight excluding hydrogens is 384 g/mol. The van der Waals surface area contributed by atoms with Gasteiger partial charge in [0.2, 0.25) is 11.5 Å². The molecule has 6 heteroatoms. The van der Waals surface area contributed by atoms with Crippen LogP contribution in [0.2, 0.25) is 0 Å². The molecule has 160 valence electrons. The van der Waals surface area contributed by atoms with Crippen molar-refractivity contribution in [1.82, 2.24) is 0 Å². The largest absolute Gasteiger partial charge is 0.493 e. The van der Waals surface area contributed by atoms with Crippen LogP contribution in [0, 0.1) is 0 Å². The number of carbonyl (C=O) groups is 2. The molecule has 1 aliphatic carbocycles. The molecule has 3 rings (SSSR count). The van der Waals surface area contributed by atoms with Gasteiger partial charge in [0, 0.05) is 12.0 Å². The smallest absolute Gasteiger partial charge is 0.306 e. The first kappa shape index (κ1) is 21.7. The van der Waals surface area contributed by atoms with Gasteiger partial charge in [-0.15, -0.1) is 0 Å². The van der Waals surface area contributed by atoms with Crippen molar-refractivity contribution in [2.75, 3.05) is 21.3 Å². The van der Waals surface area contributed by atoms with Gasteiger partial charge < -0.3 is 18.9 Å². The normalized spacial score (nSPS) is 13.3. The first-order valence-electron chi connectivity index (χ1n) is 10.1. The first-order chi connectivity index (χ1) is 14.5. The van der Waals surface area contributed by atoms with E-state index in [0.29, 0.717) is 29.2 Å². The Balaban J connectivity index is 1.59. The number of fused-ring (bicyclic) bond motifs is 1. The van der Waals surface area contributed by atoms with Crippen LogP contribution in [-0.2, 0) is 28.8 Å². The predicted octanol–water partition coefficient (Wildman–Crippen LogP) is 3.95. The van der Waals surface area contributed by atoms with E-state index in [1.54, 1.807) is 33.3 Å². The summed E-state index contributed by atoms with van der Waals surface area (Å²) in [6.45, 7) is 1.62. The molecule has 2 aromatic rings. The van der Waals surface area contributed by atoms with Crippen molar-refractivity contribution in [3.63, 3.8) is 0 Å². The molecule has 1 aliphatic rings. The van der Waals surface area contributed by atoms with Crippen molar-refractivity contribution in [3.8, 4) is 17.2 Å². The lowest BCUT2D eigenvalue weighted by molar-refractivity contribution is -0.146. The number of ether oxygens (including phenoxy) is 4. The van der Waals surface area contributed by atoms with Crippen molar-refractivity contribution < 1.29 is 28.5 Å². The van der Waals surface area contributed by atoms with Gasteiger partial charge in [0.25, 0.3) is 0 Å². The van der Waals surface area contributed by atoms with Crippen molar-refractivity contribution in [3.05, 3.63) is 52.6 Å². The zero-order chi connectivity index (χ0) is 21.7. The number of benzene rings is 2. The quantitative estimate of drug-likeness (QED) is 0.459. The van der Waals surface area contributed by atoms with Gasteiger partial charge in [-0.3, -0.25) is 9.59 Å². The van der Waals surface area contributed by atoms with Gasteiger partial charge in [-0.05, 0) is 67.5 Å². The Hall–Kier alpha value is -3.02. The number of carbonyl (C=O) groups excluding carboxylic acids is 2. The van der Waals surface area contributed by atoms with Crippen LogP contribution in [-0.4, -0.2) is 39.2 Å². The Kier molecular flexibility index (Phi) is 6.98. The summed E-state index contributed by atoms with van der Waals surface area (Å²) in [4.78, 5) is 25.0. The number of aryl methyl sites for hydroxylation is 3. The van der Waals surface area contributed by atoms with E-state index in [-0.39, 0.29) is 12.2 Å². The maximum Gasteiger partial charge on any atom is 0.306 e. The topological polar surface area (TPSA) is 71.1 Å². The predicted molar refractivity (Wildman–Crippen MR) is 113 cm³/mol. The van der Waals surface area contributed by atoms with E-state index in [2.05, 4.69) is 0 Å². The summed E-state index contributed by atoms with van der Waals surface area (Å²) in [5, 5.41) is 0. The molecule has 0 N–H and O–H groups in total. The van der Waals surface area contributed by atoms with Crippen LogP contribution in [0.4, 0.5) is 0 Å². The first-order valence-corrected chi connectivity index (χ1v) is 10.1. The lowest BCUT2D eigenvalue weighted by atomic mass is 10.0. The van der Waals surface area contributed by atoms with Crippen LogP contribution >= 0.6 is 0 Å². The van der Waals surface area contributed by atoms with Gasteiger partial charge in [-0.25, -0.2) is 0 Å².